The van der Waals surface area contributed by atoms with E-state index >= 15 is 0 Å². The lowest BCUT2D eigenvalue weighted by Gasteiger charge is -2.11. The Bertz CT molecular complexity index is 762. The van der Waals surface area contributed by atoms with Crippen LogP contribution in [0.1, 0.15) is 12.6 Å². The van der Waals surface area contributed by atoms with Gasteiger partial charge in [-0.2, -0.15) is 0 Å². The van der Waals surface area contributed by atoms with Gasteiger partial charge in [0.2, 0.25) is 0 Å². The third kappa shape index (κ3) is 2.51. The van der Waals surface area contributed by atoms with Gasteiger partial charge in [0, 0.05) is 23.5 Å². The summed E-state index contributed by atoms with van der Waals surface area (Å²) < 4.78 is 1.98. The van der Waals surface area contributed by atoms with Crippen LogP contribution in [0.3, 0.4) is 0 Å². The molecule has 0 spiro atoms. The van der Waals surface area contributed by atoms with Gasteiger partial charge in [-0.25, -0.2) is 9.69 Å². The van der Waals surface area contributed by atoms with Gasteiger partial charge in [0.05, 0.1) is 5.69 Å². The summed E-state index contributed by atoms with van der Waals surface area (Å²) in [4.78, 5) is 25.6. The second-order valence-corrected chi connectivity index (χ2v) is 5.26. The summed E-state index contributed by atoms with van der Waals surface area (Å²) >= 11 is 5.83. The Morgan fingerprint density at radius 1 is 1.18 bits per heavy atom. The molecule has 5 nitrogen and oxygen atoms in total. The number of carbonyl (C=O) groups is 2. The van der Waals surface area contributed by atoms with Gasteiger partial charge in [0.1, 0.15) is 5.70 Å². The summed E-state index contributed by atoms with van der Waals surface area (Å²) in [6, 6.07) is 9.88. The van der Waals surface area contributed by atoms with Gasteiger partial charge < -0.3 is 9.88 Å². The molecule has 1 saturated heterocycles. The summed E-state index contributed by atoms with van der Waals surface area (Å²) in [5.41, 5.74) is 1.61. The van der Waals surface area contributed by atoms with Crippen molar-refractivity contribution in [2.75, 3.05) is 4.90 Å². The molecule has 0 aliphatic carbocycles. The van der Waals surface area contributed by atoms with E-state index in [1.165, 1.54) is 0 Å². The summed E-state index contributed by atoms with van der Waals surface area (Å²) in [5, 5.41) is 3.16. The second kappa shape index (κ2) is 5.69. The first-order valence-electron chi connectivity index (χ1n) is 6.88. The first-order valence-corrected chi connectivity index (χ1v) is 7.26. The summed E-state index contributed by atoms with van der Waals surface area (Å²) in [6.07, 6.45) is 3.60. The minimum atomic E-state index is -0.465. The number of hydrogen-bond donors (Lipinski definition) is 1. The lowest BCUT2D eigenvalue weighted by molar-refractivity contribution is -0.113. The van der Waals surface area contributed by atoms with Crippen molar-refractivity contribution in [3.05, 3.63) is 59.0 Å². The number of aromatic nitrogens is 1. The van der Waals surface area contributed by atoms with Gasteiger partial charge in [-0.1, -0.05) is 11.6 Å². The number of urea groups is 1. The fourth-order valence-electron chi connectivity index (χ4n) is 2.35. The second-order valence-electron chi connectivity index (χ2n) is 4.82. The van der Waals surface area contributed by atoms with Gasteiger partial charge in [-0.3, -0.25) is 4.79 Å². The molecule has 1 aromatic heterocycles. The Morgan fingerprint density at radius 2 is 1.91 bits per heavy atom. The van der Waals surface area contributed by atoms with Crippen molar-refractivity contribution in [2.45, 2.75) is 13.5 Å². The average Bonchev–Trinajstić information content (AvgIpc) is 3.06. The van der Waals surface area contributed by atoms with E-state index in [0.717, 1.165) is 17.1 Å². The normalized spacial score (nSPS) is 16.5. The molecule has 1 aromatic carbocycles. The molecule has 0 unspecified atom stereocenters. The number of nitrogens with one attached hydrogen (secondary N) is 1. The first kappa shape index (κ1) is 14.4. The van der Waals surface area contributed by atoms with Crippen LogP contribution in [0.25, 0.3) is 6.08 Å². The highest BCUT2D eigenvalue weighted by Gasteiger charge is 2.34. The number of rotatable bonds is 3. The lowest BCUT2D eigenvalue weighted by Crippen LogP contribution is -2.30. The maximum absolute atomic E-state index is 12.5. The van der Waals surface area contributed by atoms with Crippen LogP contribution in [0.5, 0.6) is 0 Å². The SMILES string of the molecule is CCn1cccc1/C=C1/NC(=O)N(c2ccc(Cl)cc2)C1=O. The predicted molar refractivity (Wildman–Crippen MR) is 85.6 cm³/mol. The molecule has 0 saturated carbocycles. The number of carbonyl (C=O) groups excluding carboxylic acids is 2. The van der Waals surface area contributed by atoms with Crippen molar-refractivity contribution in [3.8, 4) is 0 Å². The van der Waals surface area contributed by atoms with E-state index in [2.05, 4.69) is 5.32 Å². The number of nitrogens with zero attached hydrogens (tertiary/aromatic N) is 2. The minimum absolute atomic E-state index is 0.258. The van der Waals surface area contributed by atoms with E-state index in [4.69, 9.17) is 11.6 Å². The molecule has 1 fully saturated rings. The molecular formula is C16H14ClN3O2. The molecule has 1 N–H and O–H groups in total. The van der Waals surface area contributed by atoms with Crippen LogP contribution >= 0.6 is 11.6 Å². The van der Waals surface area contributed by atoms with Gasteiger partial charge in [0.15, 0.2) is 0 Å². The molecule has 0 atom stereocenters. The zero-order valence-electron chi connectivity index (χ0n) is 11.9. The molecule has 112 valence electrons. The Labute approximate surface area is 132 Å². The van der Waals surface area contributed by atoms with E-state index < -0.39 is 6.03 Å². The Kier molecular flexibility index (Phi) is 3.73. The largest absolute Gasteiger partial charge is 0.348 e. The molecule has 3 rings (SSSR count). The van der Waals surface area contributed by atoms with Gasteiger partial charge in [0.25, 0.3) is 5.91 Å². The zero-order valence-corrected chi connectivity index (χ0v) is 12.7. The van der Waals surface area contributed by atoms with Gasteiger partial charge in [-0.05, 0) is 49.4 Å². The van der Waals surface area contributed by atoms with Crippen LogP contribution < -0.4 is 10.2 Å². The predicted octanol–water partition coefficient (Wildman–Crippen LogP) is 3.26. The third-order valence-corrected chi connectivity index (χ3v) is 3.71. The molecule has 1 aliphatic rings. The van der Waals surface area contributed by atoms with E-state index in [1.54, 1.807) is 30.3 Å². The highest BCUT2D eigenvalue weighted by Crippen LogP contribution is 2.24. The number of anilines is 1. The average molecular weight is 316 g/mol. The van der Waals surface area contributed by atoms with Crippen LogP contribution in [-0.2, 0) is 11.3 Å². The molecular weight excluding hydrogens is 302 g/mol. The molecule has 1 aliphatic heterocycles. The summed E-state index contributed by atoms with van der Waals surface area (Å²) in [5.74, 6) is -0.379. The first-order chi connectivity index (χ1) is 10.6. The van der Waals surface area contributed by atoms with Crippen LogP contribution in [0.15, 0.2) is 48.3 Å². The van der Waals surface area contributed by atoms with Crippen LogP contribution in [0, 0.1) is 0 Å². The maximum atomic E-state index is 12.5. The number of benzene rings is 1. The highest BCUT2D eigenvalue weighted by molar-refractivity contribution is 6.31. The Balaban J connectivity index is 1.93. The van der Waals surface area contributed by atoms with Crippen LogP contribution in [0.4, 0.5) is 10.5 Å². The van der Waals surface area contributed by atoms with E-state index in [-0.39, 0.29) is 11.6 Å². The quantitative estimate of drug-likeness (QED) is 0.698. The molecule has 2 heterocycles. The number of halogens is 1. The van der Waals surface area contributed by atoms with Crippen LogP contribution in [0.2, 0.25) is 5.02 Å². The molecule has 22 heavy (non-hydrogen) atoms. The van der Waals surface area contributed by atoms with Gasteiger partial charge in [-0.15, -0.1) is 0 Å². The van der Waals surface area contributed by atoms with E-state index in [9.17, 15) is 9.59 Å². The molecule has 3 amide bonds. The minimum Gasteiger partial charge on any atom is -0.348 e. The summed E-state index contributed by atoms with van der Waals surface area (Å²) in [7, 11) is 0. The number of amides is 3. The van der Waals surface area contributed by atoms with Crippen molar-refractivity contribution in [1.82, 2.24) is 9.88 Å². The fraction of sp³-hybridized carbons (Fsp3) is 0.125. The monoisotopic (exact) mass is 315 g/mol. The number of aryl methyl sites for hydroxylation is 1. The van der Waals surface area contributed by atoms with Crippen molar-refractivity contribution >= 4 is 35.3 Å². The zero-order chi connectivity index (χ0) is 15.7. The van der Waals surface area contributed by atoms with Crippen molar-refractivity contribution in [1.29, 1.82) is 0 Å². The Morgan fingerprint density at radius 3 is 2.59 bits per heavy atom. The molecule has 0 radical (unpaired) electrons. The van der Waals surface area contributed by atoms with E-state index in [0.29, 0.717) is 10.7 Å². The van der Waals surface area contributed by atoms with Crippen molar-refractivity contribution in [3.63, 3.8) is 0 Å². The topological polar surface area (TPSA) is 54.3 Å². The summed E-state index contributed by atoms with van der Waals surface area (Å²) in [6.45, 7) is 2.80. The lowest BCUT2D eigenvalue weighted by atomic mass is 10.2. The molecule has 2 aromatic rings. The number of hydrogen-bond acceptors (Lipinski definition) is 2. The van der Waals surface area contributed by atoms with Gasteiger partial charge >= 0.3 is 6.03 Å². The standard InChI is InChI=1S/C16H14ClN3O2/c1-2-19-9-3-4-13(19)10-14-15(21)20(16(22)18-14)12-7-5-11(17)6-8-12/h3-10H,2H2,1H3,(H,18,22)/b14-10+. The molecule has 6 heteroatoms. The van der Waals surface area contributed by atoms with E-state index in [1.807, 2.05) is 29.8 Å². The highest BCUT2D eigenvalue weighted by atomic mass is 35.5. The Hall–Kier alpha value is -2.53. The third-order valence-electron chi connectivity index (χ3n) is 3.46. The maximum Gasteiger partial charge on any atom is 0.333 e. The van der Waals surface area contributed by atoms with Crippen LogP contribution in [-0.4, -0.2) is 16.5 Å². The van der Waals surface area contributed by atoms with Crippen molar-refractivity contribution < 1.29 is 9.59 Å². The smallest absolute Gasteiger partial charge is 0.333 e. The fourth-order valence-corrected chi connectivity index (χ4v) is 2.48. The van der Waals surface area contributed by atoms with Crippen molar-refractivity contribution in [2.24, 2.45) is 0 Å². The number of imide groups is 1. The molecule has 0 bridgehead atoms.